The second kappa shape index (κ2) is 8.97. The van der Waals surface area contributed by atoms with E-state index in [9.17, 15) is 14.7 Å². The highest BCUT2D eigenvalue weighted by atomic mass is 79.9. The van der Waals surface area contributed by atoms with Gasteiger partial charge in [0.25, 0.3) is 5.91 Å². The lowest BCUT2D eigenvalue weighted by Crippen LogP contribution is -2.31. The molecule has 1 atom stereocenters. The standard InChI is InChI=1S/C29H21BrN2O5/c1-2-36-19-7-5-6-18(14-19)32-26(21-15-31-22-9-4-3-8-20(21)22)25(28(34)29(32)35)27(33)24-13-16-12-17(30)10-11-23(16)37-24/h3-15,26,31,34H,2H2,1H3. The van der Waals surface area contributed by atoms with Gasteiger partial charge in [-0.3, -0.25) is 14.5 Å². The van der Waals surface area contributed by atoms with Gasteiger partial charge in [-0.25, -0.2) is 0 Å². The summed E-state index contributed by atoms with van der Waals surface area (Å²) in [4.78, 5) is 32.1. The number of Topliss-reactive ketones (excluding diaryl/α,β-unsaturated/α-hetero) is 1. The smallest absolute Gasteiger partial charge is 0.294 e. The van der Waals surface area contributed by atoms with Crippen molar-refractivity contribution in [1.29, 1.82) is 0 Å². The Morgan fingerprint density at radius 3 is 2.78 bits per heavy atom. The Kier molecular flexibility index (Phi) is 5.61. The molecule has 2 N–H and O–H groups in total. The number of rotatable bonds is 6. The van der Waals surface area contributed by atoms with Gasteiger partial charge in [-0.1, -0.05) is 40.2 Å². The highest BCUT2D eigenvalue weighted by Gasteiger charge is 2.46. The Labute approximate surface area is 220 Å². The molecule has 0 bridgehead atoms. The van der Waals surface area contributed by atoms with E-state index in [-0.39, 0.29) is 11.3 Å². The maximum atomic E-state index is 13.9. The summed E-state index contributed by atoms with van der Waals surface area (Å²) in [5, 5.41) is 12.7. The summed E-state index contributed by atoms with van der Waals surface area (Å²) in [5.41, 5.74) is 2.50. The molecule has 0 saturated carbocycles. The van der Waals surface area contributed by atoms with Gasteiger partial charge < -0.3 is 19.2 Å². The van der Waals surface area contributed by atoms with Gasteiger partial charge in [0.15, 0.2) is 11.5 Å². The van der Waals surface area contributed by atoms with Crippen LogP contribution in [0.25, 0.3) is 21.9 Å². The summed E-state index contributed by atoms with van der Waals surface area (Å²) in [6.07, 6.45) is 1.77. The van der Waals surface area contributed by atoms with Crippen LogP contribution in [0.3, 0.4) is 0 Å². The number of nitrogens with one attached hydrogen (secondary N) is 1. The molecule has 7 nitrogen and oxygen atoms in total. The lowest BCUT2D eigenvalue weighted by Gasteiger charge is -2.26. The molecule has 0 fully saturated rings. The molecular weight excluding hydrogens is 536 g/mol. The highest BCUT2D eigenvalue weighted by molar-refractivity contribution is 9.10. The van der Waals surface area contributed by atoms with Gasteiger partial charge in [0.2, 0.25) is 5.78 Å². The number of furan rings is 1. The van der Waals surface area contributed by atoms with Crippen LogP contribution < -0.4 is 9.64 Å². The van der Waals surface area contributed by atoms with Crippen molar-refractivity contribution in [3.8, 4) is 5.75 Å². The molecule has 1 aliphatic heterocycles. The van der Waals surface area contributed by atoms with E-state index in [4.69, 9.17) is 9.15 Å². The van der Waals surface area contributed by atoms with E-state index in [2.05, 4.69) is 20.9 Å². The molecule has 0 aliphatic carbocycles. The summed E-state index contributed by atoms with van der Waals surface area (Å²) >= 11 is 3.43. The maximum absolute atomic E-state index is 13.9. The fraction of sp³-hybridized carbons (Fsp3) is 0.103. The van der Waals surface area contributed by atoms with Crippen molar-refractivity contribution < 1.29 is 23.8 Å². The topological polar surface area (TPSA) is 95.8 Å². The minimum Gasteiger partial charge on any atom is -0.503 e. The van der Waals surface area contributed by atoms with Crippen LogP contribution in [0.15, 0.2) is 99.2 Å². The third-order valence-electron chi connectivity index (χ3n) is 6.48. The third-order valence-corrected chi connectivity index (χ3v) is 6.97. The molecule has 6 rings (SSSR count). The zero-order valence-electron chi connectivity index (χ0n) is 19.7. The summed E-state index contributed by atoms with van der Waals surface area (Å²) in [7, 11) is 0. The monoisotopic (exact) mass is 556 g/mol. The van der Waals surface area contributed by atoms with Gasteiger partial charge in [0.1, 0.15) is 11.3 Å². The maximum Gasteiger partial charge on any atom is 0.294 e. The number of para-hydroxylation sites is 1. The van der Waals surface area contributed by atoms with Crippen LogP contribution in [0.2, 0.25) is 0 Å². The van der Waals surface area contributed by atoms with Gasteiger partial charge in [-0.2, -0.15) is 0 Å². The number of ketones is 1. The number of hydrogen-bond acceptors (Lipinski definition) is 5. The summed E-state index contributed by atoms with van der Waals surface area (Å²) in [6, 6.07) is 20.8. The van der Waals surface area contributed by atoms with E-state index in [0.29, 0.717) is 29.2 Å². The summed E-state index contributed by atoms with van der Waals surface area (Å²) in [6.45, 7) is 2.33. The van der Waals surface area contributed by atoms with E-state index in [1.807, 2.05) is 43.3 Å². The number of fused-ring (bicyclic) bond motifs is 2. The molecule has 0 radical (unpaired) electrons. The second-order valence-corrected chi connectivity index (χ2v) is 9.60. The predicted octanol–water partition coefficient (Wildman–Crippen LogP) is 6.86. The Morgan fingerprint density at radius 1 is 1.11 bits per heavy atom. The van der Waals surface area contributed by atoms with Gasteiger partial charge in [-0.05, 0) is 49.4 Å². The molecule has 1 unspecified atom stereocenters. The van der Waals surface area contributed by atoms with Gasteiger partial charge >= 0.3 is 0 Å². The lowest BCUT2D eigenvalue weighted by molar-refractivity contribution is -0.117. The van der Waals surface area contributed by atoms with Crippen molar-refractivity contribution in [2.45, 2.75) is 13.0 Å². The largest absolute Gasteiger partial charge is 0.503 e. The van der Waals surface area contributed by atoms with Crippen molar-refractivity contribution in [2.24, 2.45) is 0 Å². The lowest BCUT2D eigenvalue weighted by atomic mass is 9.94. The normalized spacial score (nSPS) is 15.8. The van der Waals surface area contributed by atoms with Crippen molar-refractivity contribution in [3.63, 3.8) is 0 Å². The minimum atomic E-state index is -0.895. The molecule has 0 saturated heterocycles. The number of aliphatic hydroxyl groups is 1. The first kappa shape index (κ1) is 23.1. The zero-order chi connectivity index (χ0) is 25.7. The summed E-state index contributed by atoms with van der Waals surface area (Å²) < 4.78 is 12.3. The number of hydrogen-bond donors (Lipinski definition) is 2. The number of carbonyl (C=O) groups is 2. The zero-order valence-corrected chi connectivity index (χ0v) is 21.3. The van der Waals surface area contributed by atoms with Crippen LogP contribution in [-0.2, 0) is 4.79 Å². The number of ether oxygens (including phenoxy) is 1. The van der Waals surface area contributed by atoms with Gasteiger partial charge in [0.05, 0.1) is 18.2 Å². The molecule has 184 valence electrons. The van der Waals surface area contributed by atoms with Crippen LogP contribution >= 0.6 is 15.9 Å². The SMILES string of the molecule is CCOc1cccc(N2C(=O)C(O)=C(C(=O)c3cc4cc(Br)ccc4o3)C2c2c[nH]c3ccccc23)c1. The quantitative estimate of drug-likeness (QED) is 0.223. The molecule has 37 heavy (non-hydrogen) atoms. The van der Waals surface area contributed by atoms with Crippen LogP contribution in [0.5, 0.6) is 5.75 Å². The second-order valence-electron chi connectivity index (χ2n) is 8.68. The number of aliphatic hydroxyl groups excluding tert-OH is 1. The average Bonchev–Trinajstić information content (AvgIpc) is 3.58. The molecule has 8 heteroatoms. The van der Waals surface area contributed by atoms with E-state index in [1.54, 1.807) is 42.6 Å². The number of carbonyl (C=O) groups excluding carboxylic acids is 2. The number of amides is 1. The number of aromatic amines is 1. The number of benzene rings is 3. The molecule has 2 aromatic heterocycles. The first-order chi connectivity index (χ1) is 18.0. The van der Waals surface area contributed by atoms with Crippen LogP contribution in [0.4, 0.5) is 5.69 Å². The molecule has 0 spiro atoms. The van der Waals surface area contributed by atoms with Crippen molar-refractivity contribution in [2.75, 3.05) is 11.5 Å². The molecule has 3 aromatic carbocycles. The van der Waals surface area contributed by atoms with E-state index in [0.717, 1.165) is 20.8 Å². The Morgan fingerprint density at radius 2 is 1.95 bits per heavy atom. The Balaban J connectivity index is 1.53. The minimum absolute atomic E-state index is 0.0391. The molecule has 1 aliphatic rings. The van der Waals surface area contributed by atoms with Crippen molar-refractivity contribution in [3.05, 3.63) is 106 Å². The fourth-order valence-electron chi connectivity index (χ4n) is 4.87. The highest BCUT2D eigenvalue weighted by Crippen LogP contribution is 2.45. The average molecular weight is 557 g/mol. The van der Waals surface area contributed by atoms with Crippen molar-refractivity contribution >= 4 is 55.2 Å². The Bertz CT molecular complexity index is 1730. The van der Waals surface area contributed by atoms with Crippen LogP contribution in [-0.4, -0.2) is 28.4 Å². The van der Waals surface area contributed by atoms with Crippen LogP contribution in [0.1, 0.15) is 29.1 Å². The first-order valence-electron chi connectivity index (χ1n) is 11.8. The summed E-state index contributed by atoms with van der Waals surface area (Å²) in [5.74, 6) is -1.23. The van der Waals surface area contributed by atoms with E-state index in [1.165, 1.54) is 4.90 Å². The molecular formula is C29H21BrN2O5. The molecule has 3 heterocycles. The number of anilines is 1. The predicted molar refractivity (Wildman–Crippen MR) is 144 cm³/mol. The van der Waals surface area contributed by atoms with Gasteiger partial charge in [0, 0.05) is 44.3 Å². The molecule has 5 aromatic rings. The fourth-order valence-corrected chi connectivity index (χ4v) is 5.25. The van der Waals surface area contributed by atoms with Crippen molar-refractivity contribution in [1.82, 2.24) is 4.98 Å². The van der Waals surface area contributed by atoms with Crippen LogP contribution in [0, 0.1) is 0 Å². The Hall–Kier alpha value is -4.30. The van der Waals surface area contributed by atoms with E-state index < -0.39 is 23.5 Å². The number of aromatic nitrogens is 1. The number of nitrogens with zero attached hydrogens (tertiary/aromatic N) is 1. The third kappa shape index (κ3) is 3.81. The number of halogens is 1. The van der Waals surface area contributed by atoms with E-state index >= 15 is 0 Å². The van der Waals surface area contributed by atoms with Gasteiger partial charge in [-0.15, -0.1) is 0 Å². The number of H-pyrrole nitrogens is 1. The first-order valence-corrected chi connectivity index (χ1v) is 12.5. The molecule has 1 amide bonds.